The summed E-state index contributed by atoms with van der Waals surface area (Å²) in [5, 5.41) is 25.3. The first-order valence-electron chi connectivity index (χ1n) is 9.10. The summed E-state index contributed by atoms with van der Waals surface area (Å²) in [7, 11) is 0. The van der Waals surface area contributed by atoms with Crippen molar-refractivity contribution in [3.05, 3.63) is 59.9 Å². The Kier molecular flexibility index (Phi) is 5.65. The minimum atomic E-state index is -0.361. The molecule has 0 unspecified atom stereocenters. The summed E-state index contributed by atoms with van der Waals surface area (Å²) in [5.41, 5.74) is 2.37. The minimum Gasteiger partial charge on any atom is -0.506 e. The van der Waals surface area contributed by atoms with E-state index in [2.05, 4.69) is 15.6 Å². The number of hydrogen-bond acceptors (Lipinski definition) is 4. The van der Waals surface area contributed by atoms with Crippen LogP contribution in [0, 0.1) is 13.8 Å². The van der Waals surface area contributed by atoms with Crippen LogP contribution < -0.4 is 15.6 Å². The standard InChI is InChI=1S/C21H22N4O4/c1-14-3-5-16(18(26)9-14)23-20(28)11-25(8-7-22-13-25)12-21(29)24-17-6-4-15(2)10-19(17)27/h3-10,13H,11-12H2,1-2H3,(H3-,23,24,26,27,28,29)/p+2. The van der Waals surface area contributed by atoms with E-state index in [4.69, 9.17) is 0 Å². The number of aryl methyl sites for hydroxylation is 2. The number of phenols is 2. The lowest BCUT2D eigenvalue weighted by Gasteiger charge is -2.23. The van der Waals surface area contributed by atoms with Crippen LogP contribution in [0.2, 0.25) is 0 Å². The van der Waals surface area contributed by atoms with E-state index in [-0.39, 0.29) is 40.9 Å². The van der Waals surface area contributed by atoms with E-state index < -0.39 is 0 Å². The van der Waals surface area contributed by atoms with E-state index in [0.29, 0.717) is 11.4 Å². The fraction of sp³-hybridized carbons (Fsp3) is 0.190. The van der Waals surface area contributed by atoms with Crippen LogP contribution in [0.15, 0.2) is 48.8 Å². The second kappa shape index (κ2) is 8.15. The second-order valence-corrected chi connectivity index (χ2v) is 7.17. The van der Waals surface area contributed by atoms with Crippen LogP contribution in [0.4, 0.5) is 11.4 Å². The molecule has 1 aliphatic heterocycles. The van der Waals surface area contributed by atoms with Crippen molar-refractivity contribution in [1.29, 1.82) is 0 Å². The molecule has 29 heavy (non-hydrogen) atoms. The number of quaternary nitrogens is 1. The van der Waals surface area contributed by atoms with Crippen LogP contribution in [0.1, 0.15) is 11.1 Å². The summed E-state index contributed by atoms with van der Waals surface area (Å²) in [6, 6.07) is 9.94. The molecule has 0 fully saturated rings. The van der Waals surface area contributed by atoms with Gasteiger partial charge < -0.3 is 20.8 Å². The molecule has 0 radical (unpaired) electrons. The maximum absolute atomic E-state index is 12.6. The Bertz CT molecular complexity index is 932. The highest BCUT2D eigenvalue weighted by atomic mass is 16.3. The minimum absolute atomic E-state index is 0.0171. The number of carbonyl (C=O) groups excluding carboxylic acids is 2. The van der Waals surface area contributed by atoms with Crippen LogP contribution in [-0.4, -0.2) is 45.9 Å². The molecule has 0 saturated heterocycles. The Hall–Kier alpha value is -3.65. The van der Waals surface area contributed by atoms with Crippen LogP contribution in [-0.2, 0) is 9.59 Å². The van der Waals surface area contributed by atoms with Gasteiger partial charge in [0.1, 0.15) is 11.5 Å². The van der Waals surface area contributed by atoms with Crippen LogP contribution in [0.25, 0.3) is 0 Å². The lowest BCUT2D eigenvalue weighted by atomic mass is 10.2. The van der Waals surface area contributed by atoms with Crippen molar-refractivity contribution in [3.8, 4) is 11.5 Å². The molecule has 0 aliphatic carbocycles. The normalized spacial score (nSPS) is 14.0. The average Bonchev–Trinajstić information content (AvgIpc) is 3.07. The second-order valence-electron chi connectivity index (χ2n) is 7.17. The van der Waals surface area contributed by atoms with E-state index in [1.807, 2.05) is 13.8 Å². The molecule has 0 spiro atoms. The van der Waals surface area contributed by atoms with Gasteiger partial charge in [-0.1, -0.05) is 12.1 Å². The van der Waals surface area contributed by atoms with Gasteiger partial charge >= 0.3 is 6.34 Å². The molecule has 5 N–H and O–H groups in total. The molecule has 0 aromatic heterocycles. The molecule has 1 heterocycles. The van der Waals surface area contributed by atoms with Gasteiger partial charge in [-0.25, -0.2) is 0 Å². The molecule has 8 heteroatoms. The number of nitrogens with zero attached hydrogens (tertiary/aromatic N) is 1. The van der Waals surface area contributed by atoms with Crippen LogP contribution >= 0.6 is 0 Å². The summed E-state index contributed by atoms with van der Waals surface area (Å²) in [5.74, 6) is -0.757. The monoisotopic (exact) mass is 396 g/mol. The zero-order valence-corrected chi connectivity index (χ0v) is 16.3. The summed E-state index contributed by atoms with van der Waals surface area (Å²) in [6.07, 6.45) is 4.97. The Morgan fingerprint density at radius 2 is 1.38 bits per heavy atom. The van der Waals surface area contributed by atoms with Gasteiger partial charge in [0.25, 0.3) is 11.8 Å². The first-order valence-corrected chi connectivity index (χ1v) is 9.10. The molecule has 1 aliphatic rings. The molecule has 2 aromatic rings. The van der Waals surface area contributed by atoms with Crippen molar-refractivity contribution in [2.45, 2.75) is 13.8 Å². The largest absolute Gasteiger partial charge is 0.506 e. The zero-order chi connectivity index (χ0) is 21.0. The summed E-state index contributed by atoms with van der Waals surface area (Å²) >= 11 is 0. The van der Waals surface area contributed by atoms with E-state index in [0.717, 1.165) is 11.1 Å². The number of rotatable bonds is 6. The van der Waals surface area contributed by atoms with Crippen molar-refractivity contribution in [2.75, 3.05) is 23.7 Å². The number of benzene rings is 2. The molecule has 2 amide bonds. The Morgan fingerprint density at radius 3 is 1.76 bits per heavy atom. The predicted molar refractivity (Wildman–Crippen MR) is 109 cm³/mol. The molecular formula is C21H24N4O4+2. The maximum atomic E-state index is 12.6. The quantitative estimate of drug-likeness (QED) is 0.365. The van der Waals surface area contributed by atoms with Gasteiger partial charge in [0.15, 0.2) is 19.3 Å². The van der Waals surface area contributed by atoms with Gasteiger partial charge in [-0.3, -0.25) is 9.59 Å². The van der Waals surface area contributed by atoms with Gasteiger partial charge in [0.2, 0.25) is 6.20 Å². The van der Waals surface area contributed by atoms with E-state index in [1.54, 1.807) is 55.1 Å². The first kappa shape index (κ1) is 20.1. The van der Waals surface area contributed by atoms with E-state index >= 15 is 0 Å². The summed E-state index contributed by atoms with van der Waals surface area (Å²) in [6.45, 7) is 3.57. The van der Waals surface area contributed by atoms with Gasteiger partial charge in [-0.15, -0.1) is 0 Å². The van der Waals surface area contributed by atoms with Crippen molar-refractivity contribution in [3.63, 3.8) is 0 Å². The van der Waals surface area contributed by atoms with Crippen LogP contribution in [0.3, 0.4) is 0 Å². The Labute approximate surface area is 168 Å². The maximum Gasteiger partial charge on any atom is 0.336 e. The fourth-order valence-electron chi connectivity index (χ4n) is 3.09. The van der Waals surface area contributed by atoms with Crippen molar-refractivity contribution in [2.24, 2.45) is 0 Å². The van der Waals surface area contributed by atoms with Crippen LogP contribution in [0.5, 0.6) is 11.5 Å². The highest BCUT2D eigenvalue weighted by Gasteiger charge is 2.36. The number of hydrogen-bond donors (Lipinski definition) is 5. The van der Waals surface area contributed by atoms with Gasteiger partial charge in [0.05, 0.1) is 11.4 Å². The number of anilines is 2. The van der Waals surface area contributed by atoms with Crippen molar-refractivity contribution >= 4 is 29.5 Å². The number of aromatic hydroxyl groups is 2. The highest BCUT2D eigenvalue weighted by molar-refractivity contribution is 5.95. The number of amides is 2. The lowest BCUT2D eigenvalue weighted by molar-refractivity contribution is -0.770. The molecule has 0 bridgehead atoms. The summed E-state index contributed by atoms with van der Waals surface area (Å²) in [4.78, 5) is 28.0. The third-order valence-corrected chi connectivity index (χ3v) is 4.53. The number of carbonyl (C=O) groups is 2. The zero-order valence-electron chi connectivity index (χ0n) is 16.3. The molecular weight excluding hydrogens is 372 g/mol. The van der Waals surface area contributed by atoms with E-state index in [1.165, 1.54) is 0 Å². The Morgan fingerprint density at radius 1 is 0.897 bits per heavy atom. The van der Waals surface area contributed by atoms with Gasteiger partial charge in [-0.05, 0) is 49.2 Å². The smallest absolute Gasteiger partial charge is 0.336 e. The highest BCUT2D eigenvalue weighted by Crippen LogP contribution is 2.25. The fourth-order valence-corrected chi connectivity index (χ4v) is 3.09. The van der Waals surface area contributed by atoms with Gasteiger partial charge in [-0.2, -0.15) is 9.48 Å². The third-order valence-electron chi connectivity index (χ3n) is 4.53. The van der Waals surface area contributed by atoms with Crippen molar-refractivity contribution in [1.82, 2.24) is 0 Å². The molecule has 2 aromatic carbocycles. The average molecular weight is 396 g/mol. The lowest BCUT2D eigenvalue weighted by Crippen LogP contribution is -2.64. The first-order chi connectivity index (χ1) is 13.8. The molecule has 3 rings (SSSR count). The Balaban J connectivity index is 1.68. The summed E-state index contributed by atoms with van der Waals surface area (Å²) < 4.78 is -0.0586. The van der Waals surface area contributed by atoms with E-state index in [9.17, 15) is 19.8 Å². The third kappa shape index (κ3) is 4.99. The van der Waals surface area contributed by atoms with Gasteiger partial charge in [0, 0.05) is 0 Å². The number of nitrogens with one attached hydrogen (secondary N) is 3. The molecule has 150 valence electrons. The molecule has 0 atom stereocenters. The molecule has 8 nitrogen and oxygen atoms in total. The van der Waals surface area contributed by atoms with Crippen molar-refractivity contribution < 1.29 is 29.3 Å². The predicted octanol–water partition coefficient (Wildman–Crippen LogP) is 0.702. The molecule has 0 saturated carbocycles. The number of phenolic OH excluding ortho intramolecular Hbond substituents is 2. The SMILES string of the molecule is Cc1ccc(NC(=O)C[N+]2(CC(=O)Nc3ccc(C)cc3O)C=C[NH+]=C2)c(O)c1. The topological polar surface area (TPSA) is 113 Å².